The van der Waals surface area contributed by atoms with E-state index in [1.807, 2.05) is 44.2 Å². The van der Waals surface area contributed by atoms with E-state index in [9.17, 15) is 10.1 Å². The Hall–Kier alpha value is -1.86. The van der Waals surface area contributed by atoms with E-state index >= 15 is 0 Å². The molecule has 0 N–H and O–H groups in total. The predicted molar refractivity (Wildman–Crippen MR) is 78.0 cm³/mol. The number of hydrogen-bond acceptors (Lipinski definition) is 3. The molecule has 0 aliphatic rings. The monoisotopic (exact) mass is 274 g/mol. The number of benzene rings is 1. The molecular weight excluding hydrogens is 252 g/mol. The molecule has 1 amide bonds. The first kappa shape index (κ1) is 16.2. The second kappa shape index (κ2) is 8.34. The average molecular weight is 274 g/mol. The van der Waals surface area contributed by atoms with Crippen LogP contribution in [0, 0.1) is 17.2 Å². The summed E-state index contributed by atoms with van der Waals surface area (Å²) < 4.78 is 5.42. The largest absolute Gasteiger partial charge is 0.377 e. The minimum absolute atomic E-state index is 0.148. The molecule has 0 bridgehead atoms. The first-order chi connectivity index (χ1) is 9.54. The van der Waals surface area contributed by atoms with Crippen molar-refractivity contribution >= 4 is 5.91 Å². The molecule has 0 aliphatic heterocycles. The molecular formula is C16H22N2O2. The molecule has 0 saturated heterocycles. The topological polar surface area (TPSA) is 53.3 Å². The fourth-order valence-electron chi connectivity index (χ4n) is 1.84. The van der Waals surface area contributed by atoms with Crippen LogP contribution in [0.25, 0.3) is 0 Å². The Morgan fingerprint density at radius 1 is 1.35 bits per heavy atom. The maximum Gasteiger partial charge on any atom is 0.240 e. The van der Waals surface area contributed by atoms with Crippen LogP contribution in [-0.2, 0) is 16.0 Å². The molecule has 0 saturated carbocycles. The van der Waals surface area contributed by atoms with Gasteiger partial charge in [-0.2, -0.15) is 5.26 Å². The third kappa shape index (κ3) is 5.41. The van der Waals surface area contributed by atoms with Crippen LogP contribution in [-0.4, -0.2) is 37.1 Å². The van der Waals surface area contributed by atoms with Crippen LogP contribution in [0.2, 0.25) is 0 Å². The highest BCUT2D eigenvalue weighted by Gasteiger charge is 2.21. The van der Waals surface area contributed by atoms with Gasteiger partial charge >= 0.3 is 0 Å². The Labute approximate surface area is 121 Å². The summed E-state index contributed by atoms with van der Waals surface area (Å²) in [5.74, 6) is -0.787. The lowest BCUT2D eigenvalue weighted by Crippen LogP contribution is -2.36. The van der Waals surface area contributed by atoms with Crippen LogP contribution in [0.15, 0.2) is 30.3 Å². The predicted octanol–water partition coefficient (Wildman–Crippen LogP) is 2.25. The van der Waals surface area contributed by atoms with E-state index in [0.717, 1.165) is 5.56 Å². The number of nitrogens with zero attached hydrogens (tertiary/aromatic N) is 2. The lowest BCUT2D eigenvalue weighted by Gasteiger charge is -2.20. The zero-order valence-corrected chi connectivity index (χ0v) is 12.4. The van der Waals surface area contributed by atoms with Gasteiger partial charge in [-0.3, -0.25) is 4.79 Å². The Morgan fingerprint density at radius 3 is 2.55 bits per heavy atom. The number of rotatable bonds is 7. The highest BCUT2D eigenvalue weighted by atomic mass is 16.5. The van der Waals surface area contributed by atoms with E-state index in [4.69, 9.17) is 4.74 Å². The van der Waals surface area contributed by atoms with Crippen LogP contribution in [0.1, 0.15) is 19.4 Å². The Kier molecular flexibility index (Phi) is 6.75. The first-order valence-electron chi connectivity index (χ1n) is 6.84. The van der Waals surface area contributed by atoms with Crippen molar-refractivity contribution in [2.75, 3.05) is 20.2 Å². The van der Waals surface area contributed by atoms with Crippen LogP contribution >= 0.6 is 0 Å². The van der Waals surface area contributed by atoms with Gasteiger partial charge in [-0.1, -0.05) is 30.3 Å². The van der Waals surface area contributed by atoms with Crippen LogP contribution in [0.5, 0.6) is 0 Å². The van der Waals surface area contributed by atoms with Gasteiger partial charge in [0.05, 0.1) is 18.8 Å². The van der Waals surface area contributed by atoms with E-state index in [1.54, 1.807) is 11.9 Å². The summed E-state index contributed by atoms with van der Waals surface area (Å²) in [5.41, 5.74) is 0.999. The lowest BCUT2D eigenvalue weighted by molar-refractivity contribution is -0.133. The molecule has 0 radical (unpaired) electrons. The molecule has 1 atom stereocenters. The fourth-order valence-corrected chi connectivity index (χ4v) is 1.84. The number of nitriles is 1. The standard InChI is InChI=1S/C16H22N2O2/c1-13(2)20-10-9-18(3)16(19)15(12-17)11-14-7-5-4-6-8-14/h4-8,13,15H,9-11H2,1-3H3. The minimum Gasteiger partial charge on any atom is -0.377 e. The summed E-state index contributed by atoms with van der Waals surface area (Å²) >= 11 is 0. The van der Waals surface area contributed by atoms with Crippen molar-refractivity contribution in [3.63, 3.8) is 0 Å². The van der Waals surface area contributed by atoms with E-state index in [-0.39, 0.29) is 12.0 Å². The molecule has 20 heavy (non-hydrogen) atoms. The van der Waals surface area contributed by atoms with Crippen molar-refractivity contribution in [3.05, 3.63) is 35.9 Å². The van der Waals surface area contributed by atoms with Crippen molar-refractivity contribution in [3.8, 4) is 6.07 Å². The van der Waals surface area contributed by atoms with E-state index < -0.39 is 5.92 Å². The second-order valence-corrected chi connectivity index (χ2v) is 5.05. The number of ether oxygens (including phenoxy) is 1. The van der Waals surface area contributed by atoms with Gasteiger partial charge in [0.2, 0.25) is 5.91 Å². The first-order valence-corrected chi connectivity index (χ1v) is 6.84. The SMILES string of the molecule is CC(C)OCCN(C)C(=O)C(C#N)Cc1ccccc1. The van der Waals surface area contributed by atoms with Gasteiger partial charge in [0, 0.05) is 13.6 Å². The molecule has 4 nitrogen and oxygen atoms in total. The molecule has 0 fully saturated rings. The van der Waals surface area contributed by atoms with Gasteiger partial charge in [0.1, 0.15) is 5.92 Å². The maximum absolute atomic E-state index is 12.2. The fraction of sp³-hybridized carbons (Fsp3) is 0.500. The number of likely N-dealkylation sites (N-methyl/N-ethyl adjacent to an activating group) is 1. The normalized spacial score (nSPS) is 11.9. The zero-order chi connectivity index (χ0) is 15.0. The highest BCUT2D eigenvalue weighted by Crippen LogP contribution is 2.10. The van der Waals surface area contributed by atoms with Crippen molar-refractivity contribution in [1.29, 1.82) is 5.26 Å². The Balaban J connectivity index is 2.52. The van der Waals surface area contributed by atoms with E-state index in [1.165, 1.54) is 0 Å². The Morgan fingerprint density at radius 2 is 2.00 bits per heavy atom. The van der Waals surface area contributed by atoms with Crippen LogP contribution in [0.4, 0.5) is 0 Å². The van der Waals surface area contributed by atoms with Gasteiger partial charge < -0.3 is 9.64 Å². The molecule has 0 aromatic heterocycles. The number of carbonyl (C=O) groups excluding carboxylic acids is 1. The third-order valence-electron chi connectivity index (χ3n) is 2.99. The van der Waals surface area contributed by atoms with Gasteiger partial charge in [0.15, 0.2) is 0 Å². The maximum atomic E-state index is 12.2. The minimum atomic E-state index is -0.638. The summed E-state index contributed by atoms with van der Waals surface area (Å²) in [4.78, 5) is 13.8. The molecule has 1 aromatic carbocycles. The van der Waals surface area contributed by atoms with Gasteiger partial charge in [-0.25, -0.2) is 0 Å². The molecule has 108 valence electrons. The van der Waals surface area contributed by atoms with Crippen LogP contribution < -0.4 is 0 Å². The number of carbonyl (C=O) groups is 1. The molecule has 0 spiro atoms. The summed E-state index contributed by atoms with van der Waals surface area (Å²) in [6.07, 6.45) is 0.598. The molecule has 4 heteroatoms. The number of amides is 1. The number of hydrogen-bond donors (Lipinski definition) is 0. The van der Waals surface area contributed by atoms with E-state index in [2.05, 4.69) is 6.07 Å². The summed E-state index contributed by atoms with van der Waals surface area (Å²) in [6.45, 7) is 4.90. The summed E-state index contributed by atoms with van der Waals surface area (Å²) in [6, 6.07) is 11.7. The third-order valence-corrected chi connectivity index (χ3v) is 2.99. The van der Waals surface area contributed by atoms with Crippen molar-refractivity contribution in [2.24, 2.45) is 5.92 Å². The van der Waals surface area contributed by atoms with Gasteiger partial charge in [-0.15, -0.1) is 0 Å². The summed E-state index contributed by atoms with van der Waals surface area (Å²) in [5, 5.41) is 9.19. The highest BCUT2D eigenvalue weighted by molar-refractivity contribution is 5.81. The smallest absolute Gasteiger partial charge is 0.240 e. The van der Waals surface area contributed by atoms with Crippen molar-refractivity contribution in [2.45, 2.75) is 26.4 Å². The quantitative estimate of drug-likeness (QED) is 0.766. The summed E-state index contributed by atoms with van der Waals surface area (Å²) in [7, 11) is 1.71. The zero-order valence-electron chi connectivity index (χ0n) is 12.4. The molecule has 0 heterocycles. The molecule has 1 rings (SSSR count). The second-order valence-electron chi connectivity index (χ2n) is 5.05. The van der Waals surface area contributed by atoms with Gasteiger partial charge in [-0.05, 0) is 25.8 Å². The lowest BCUT2D eigenvalue weighted by atomic mass is 9.99. The van der Waals surface area contributed by atoms with Gasteiger partial charge in [0.25, 0.3) is 0 Å². The molecule has 0 aliphatic carbocycles. The van der Waals surface area contributed by atoms with Crippen molar-refractivity contribution < 1.29 is 9.53 Å². The van der Waals surface area contributed by atoms with Crippen LogP contribution in [0.3, 0.4) is 0 Å². The van der Waals surface area contributed by atoms with Crippen molar-refractivity contribution in [1.82, 2.24) is 4.90 Å². The molecule has 1 aromatic rings. The Bertz CT molecular complexity index is 451. The molecule has 1 unspecified atom stereocenters. The average Bonchev–Trinajstić information content (AvgIpc) is 2.44. The van der Waals surface area contributed by atoms with E-state index in [0.29, 0.717) is 19.6 Å².